The molecule has 1 aromatic rings. The lowest BCUT2D eigenvalue weighted by molar-refractivity contribution is -0.141. The van der Waals surface area contributed by atoms with Crippen LogP contribution in [0.2, 0.25) is 0 Å². The van der Waals surface area contributed by atoms with Crippen molar-refractivity contribution in [3.8, 4) is 0 Å². The van der Waals surface area contributed by atoms with E-state index in [0.29, 0.717) is 6.07 Å². The van der Waals surface area contributed by atoms with Crippen molar-refractivity contribution < 1.29 is 22.7 Å². The maximum atomic E-state index is 12.5. The van der Waals surface area contributed by atoms with Gasteiger partial charge in [-0.15, -0.1) is 0 Å². The lowest BCUT2D eigenvalue weighted by Gasteiger charge is -2.12. The summed E-state index contributed by atoms with van der Waals surface area (Å²) in [7, 11) is 1.10. The summed E-state index contributed by atoms with van der Waals surface area (Å²) in [6.45, 7) is 0. The molecular weight excluding hydrogens is 225 g/mol. The van der Waals surface area contributed by atoms with E-state index < -0.39 is 24.1 Å². The number of halogens is 3. The monoisotopic (exact) mass is 234 g/mol. The summed E-state index contributed by atoms with van der Waals surface area (Å²) in [6.07, 6.45) is -4.13. The van der Waals surface area contributed by atoms with E-state index in [1.807, 2.05) is 0 Å². The molecule has 1 aromatic heterocycles. The van der Waals surface area contributed by atoms with Crippen LogP contribution in [0.3, 0.4) is 0 Å². The van der Waals surface area contributed by atoms with E-state index in [2.05, 4.69) is 9.72 Å². The van der Waals surface area contributed by atoms with Crippen LogP contribution in [0.5, 0.6) is 0 Å². The quantitative estimate of drug-likeness (QED) is 0.785. The van der Waals surface area contributed by atoms with Crippen LogP contribution in [0.4, 0.5) is 19.0 Å². The summed E-state index contributed by atoms with van der Waals surface area (Å²) in [5.41, 5.74) is 3.94. The number of anilines is 1. The van der Waals surface area contributed by atoms with Gasteiger partial charge in [0.05, 0.1) is 19.1 Å². The Bertz CT molecular complexity index is 404. The van der Waals surface area contributed by atoms with Gasteiger partial charge in [-0.1, -0.05) is 0 Å². The Kier molecular flexibility index (Phi) is 3.36. The fraction of sp³-hybridized carbons (Fsp3) is 0.333. The van der Waals surface area contributed by atoms with Crippen molar-refractivity contribution in [2.45, 2.75) is 12.6 Å². The molecule has 0 aliphatic carbocycles. The Morgan fingerprint density at radius 3 is 2.69 bits per heavy atom. The highest BCUT2D eigenvalue weighted by atomic mass is 19.4. The molecule has 0 aliphatic rings. The smallest absolute Gasteiger partial charge is 0.416 e. The predicted octanol–water partition coefficient (Wildman–Crippen LogP) is 1.40. The molecule has 0 spiro atoms. The minimum absolute atomic E-state index is 0.249. The van der Waals surface area contributed by atoms with E-state index in [0.717, 1.165) is 13.3 Å². The molecule has 0 amide bonds. The number of carbonyl (C=O) groups is 1. The molecule has 0 aliphatic heterocycles. The number of nitrogens with zero attached hydrogens (tertiary/aromatic N) is 1. The molecule has 1 rings (SSSR count). The summed E-state index contributed by atoms with van der Waals surface area (Å²) in [6, 6.07) is 0.693. The van der Waals surface area contributed by atoms with Crippen LogP contribution in [-0.2, 0) is 22.1 Å². The largest absolute Gasteiger partial charge is 0.469 e. The van der Waals surface area contributed by atoms with E-state index in [4.69, 9.17) is 5.73 Å². The average molecular weight is 234 g/mol. The number of hydrogen-bond acceptors (Lipinski definition) is 4. The van der Waals surface area contributed by atoms with Crippen LogP contribution in [0.25, 0.3) is 0 Å². The molecule has 0 atom stereocenters. The second-order valence-electron chi connectivity index (χ2n) is 3.02. The van der Waals surface area contributed by atoms with E-state index in [-0.39, 0.29) is 11.4 Å². The maximum Gasteiger partial charge on any atom is 0.416 e. The van der Waals surface area contributed by atoms with Crippen LogP contribution in [0.1, 0.15) is 11.1 Å². The van der Waals surface area contributed by atoms with Crippen molar-refractivity contribution in [1.29, 1.82) is 0 Å². The standard InChI is InChI=1S/C9H9F3N2O2/c1-16-8(15)2-5-4-14-7(13)3-6(5)9(10,11)12/h3-4H,2H2,1H3,(H2,13,14). The summed E-state index contributed by atoms with van der Waals surface area (Å²) in [5.74, 6) is -1.02. The number of methoxy groups -OCH3 is 1. The van der Waals surface area contributed by atoms with Crippen LogP contribution in [0.15, 0.2) is 12.3 Å². The third kappa shape index (κ3) is 2.85. The zero-order valence-electron chi connectivity index (χ0n) is 8.34. The predicted molar refractivity (Wildman–Crippen MR) is 49.4 cm³/mol. The number of esters is 1. The molecule has 7 heteroatoms. The van der Waals surface area contributed by atoms with Crippen molar-refractivity contribution >= 4 is 11.8 Å². The molecule has 0 bridgehead atoms. The third-order valence-corrected chi connectivity index (χ3v) is 1.88. The van der Waals surface area contributed by atoms with Crippen molar-refractivity contribution in [1.82, 2.24) is 4.98 Å². The first-order chi connectivity index (χ1) is 7.34. The Morgan fingerprint density at radius 2 is 2.19 bits per heavy atom. The molecule has 1 heterocycles. The van der Waals surface area contributed by atoms with Gasteiger partial charge in [0.1, 0.15) is 5.82 Å². The average Bonchev–Trinajstić information content (AvgIpc) is 2.19. The fourth-order valence-corrected chi connectivity index (χ4v) is 1.13. The van der Waals surface area contributed by atoms with Gasteiger partial charge in [0.15, 0.2) is 0 Å². The molecule has 0 aromatic carbocycles. The summed E-state index contributed by atoms with van der Waals surface area (Å²) >= 11 is 0. The number of alkyl halides is 3. The second-order valence-corrected chi connectivity index (χ2v) is 3.02. The minimum atomic E-state index is -4.57. The van der Waals surface area contributed by atoms with E-state index in [9.17, 15) is 18.0 Å². The normalized spacial score (nSPS) is 11.2. The number of rotatable bonds is 2. The molecular formula is C9H9F3N2O2. The minimum Gasteiger partial charge on any atom is -0.469 e. The lowest BCUT2D eigenvalue weighted by atomic mass is 10.1. The van der Waals surface area contributed by atoms with Crippen LogP contribution in [0, 0.1) is 0 Å². The number of ether oxygens (including phenoxy) is 1. The fourth-order valence-electron chi connectivity index (χ4n) is 1.13. The first kappa shape index (κ1) is 12.3. The Morgan fingerprint density at radius 1 is 1.56 bits per heavy atom. The highest BCUT2D eigenvalue weighted by Gasteiger charge is 2.34. The summed E-state index contributed by atoms with van der Waals surface area (Å²) < 4.78 is 41.9. The second kappa shape index (κ2) is 4.38. The van der Waals surface area contributed by atoms with Crippen LogP contribution < -0.4 is 5.73 Å². The van der Waals surface area contributed by atoms with Gasteiger partial charge in [-0.05, 0) is 11.6 Å². The number of pyridine rings is 1. The zero-order valence-corrected chi connectivity index (χ0v) is 8.34. The zero-order chi connectivity index (χ0) is 12.3. The first-order valence-electron chi connectivity index (χ1n) is 4.23. The number of nitrogen functional groups attached to an aromatic ring is 1. The number of nitrogens with two attached hydrogens (primary N) is 1. The Hall–Kier alpha value is -1.79. The van der Waals surface area contributed by atoms with Gasteiger partial charge in [0.2, 0.25) is 0 Å². The van der Waals surface area contributed by atoms with Crippen molar-refractivity contribution in [3.63, 3.8) is 0 Å². The number of carbonyl (C=O) groups excluding carboxylic acids is 1. The molecule has 0 unspecified atom stereocenters. The highest BCUT2D eigenvalue weighted by Crippen LogP contribution is 2.32. The van der Waals surface area contributed by atoms with Crippen molar-refractivity contribution in [3.05, 3.63) is 23.4 Å². The van der Waals surface area contributed by atoms with E-state index in [1.165, 1.54) is 0 Å². The molecule has 88 valence electrons. The SMILES string of the molecule is COC(=O)Cc1cnc(N)cc1C(F)(F)F. The van der Waals surface area contributed by atoms with Gasteiger partial charge < -0.3 is 10.5 Å². The molecule has 2 N–H and O–H groups in total. The number of aromatic nitrogens is 1. The number of hydrogen-bond donors (Lipinski definition) is 1. The van der Waals surface area contributed by atoms with Gasteiger partial charge in [-0.3, -0.25) is 4.79 Å². The Balaban J connectivity index is 3.13. The van der Waals surface area contributed by atoms with Crippen LogP contribution in [-0.4, -0.2) is 18.1 Å². The Labute approximate surface area is 89.2 Å². The summed E-state index contributed by atoms with van der Waals surface area (Å²) in [5, 5.41) is 0. The van der Waals surface area contributed by atoms with Gasteiger partial charge in [0, 0.05) is 6.20 Å². The van der Waals surface area contributed by atoms with Gasteiger partial charge in [-0.25, -0.2) is 4.98 Å². The van der Waals surface area contributed by atoms with Crippen LogP contribution >= 0.6 is 0 Å². The topological polar surface area (TPSA) is 65.2 Å². The van der Waals surface area contributed by atoms with E-state index in [1.54, 1.807) is 0 Å². The molecule has 4 nitrogen and oxygen atoms in total. The van der Waals surface area contributed by atoms with Gasteiger partial charge >= 0.3 is 12.1 Å². The maximum absolute atomic E-state index is 12.5. The lowest BCUT2D eigenvalue weighted by Crippen LogP contribution is -2.14. The van der Waals surface area contributed by atoms with Gasteiger partial charge in [0.25, 0.3) is 0 Å². The molecule has 0 radical (unpaired) electrons. The highest BCUT2D eigenvalue weighted by molar-refractivity contribution is 5.73. The molecule has 0 saturated heterocycles. The third-order valence-electron chi connectivity index (χ3n) is 1.88. The summed E-state index contributed by atoms with van der Waals surface area (Å²) in [4.78, 5) is 14.4. The van der Waals surface area contributed by atoms with Gasteiger partial charge in [-0.2, -0.15) is 13.2 Å². The van der Waals surface area contributed by atoms with E-state index >= 15 is 0 Å². The van der Waals surface area contributed by atoms with Crippen molar-refractivity contribution in [2.24, 2.45) is 0 Å². The first-order valence-corrected chi connectivity index (χ1v) is 4.23. The molecule has 0 saturated carbocycles. The molecule has 0 fully saturated rings. The van der Waals surface area contributed by atoms with Crippen molar-refractivity contribution in [2.75, 3.05) is 12.8 Å². The molecule has 16 heavy (non-hydrogen) atoms.